The summed E-state index contributed by atoms with van der Waals surface area (Å²) in [6, 6.07) is 10.6. The van der Waals surface area contributed by atoms with Gasteiger partial charge in [-0.3, -0.25) is 4.79 Å². The van der Waals surface area contributed by atoms with Gasteiger partial charge in [-0.1, -0.05) is 24.3 Å². The second-order valence-corrected chi connectivity index (χ2v) is 5.00. The van der Waals surface area contributed by atoms with Crippen LogP contribution in [-0.2, 0) is 17.4 Å². The molecule has 0 aromatic heterocycles. The summed E-state index contributed by atoms with van der Waals surface area (Å²) in [6.07, 6.45) is -3.18. The molecule has 21 heavy (non-hydrogen) atoms. The lowest BCUT2D eigenvalue weighted by Crippen LogP contribution is -2.18. The van der Waals surface area contributed by atoms with Crippen LogP contribution in [-0.4, -0.2) is 5.91 Å². The van der Waals surface area contributed by atoms with Gasteiger partial charge in [0.15, 0.2) is 0 Å². The van der Waals surface area contributed by atoms with Gasteiger partial charge in [0, 0.05) is 12.1 Å². The summed E-state index contributed by atoms with van der Waals surface area (Å²) in [6.45, 7) is 0. The number of anilines is 1. The van der Waals surface area contributed by atoms with E-state index >= 15 is 0 Å². The smallest absolute Gasteiger partial charge is 0.326 e. The summed E-state index contributed by atoms with van der Waals surface area (Å²) < 4.78 is 37.6. The van der Waals surface area contributed by atoms with Gasteiger partial charge < -0.3 is 5.32 Å². The molecule has 0 radical (unpaired) electrons. The lowest BCUT2D eigenvalue weighted by Gasteiger charge is -2.17. The van der Waals surface area contributed by atoms with E-state index in [0.29, 0.717) is 18.4 Å². The minimum atomic E-state index is -4.33. The van der Waals surface area contributed by atoms with Crippen molar-refractivity contribution >= 4 is 11.6 Å². The maximum absolute atomic E-state index is 12.5. The number of hydrogen-bond acceptors (Lipinski definition) is 1. The van der Waals surface area contributed by atoms with Crippen molar-refractivity contribution in [3.8, 4) is 11.1 Å². The molecule has 0 saturated heterocycles. The number of amides is 1. The largest absolute Gasteiger partial charge is 0.416 e. The molecule has 1 aliphatic heterocycles. The maximum atomic E-state index is 12.5. The summed E-state index contributed by atoms with van der Waals surface area (Å²) in [5.74, 6) is -0.0351. The Bertz CT molecular complexity index is 690. The zero-order valence-corrected chi connectivity index (χ0v) is 11.0. The van der Waals surface area contributed by atoms with E-state index in [0.717, 1.165) is 28.9 Å². The molecule has 0 atom stereocenters. The molecule has 1 heterocycles. The fourth-order valence-corrected chi connectivity index (χ4v) is 2.40. The minimum Gasteiger partial charge on any atom is -0.326 e. The summed E-state index contributed by atoms with van der Waals surface area (Å²) in [5.41, 5.74) is 2.58. The number of aryl methyl sites for hydroxylation is 1. The van der Waals surface area contributed by atoms with Gasteiger partial charge in [0.2, 0.25) is 5.91 Å². The van der Waals surface area contributed by atoms with E-state index in [1.165, 1.54) is 12.1 Å². The first-order chi connectivity index (χ1) is 9.93. The number of fused-ring (bicyclic) bond motifs is 1. The molecule has 1 amide bonds. The Morgan fingerprint density at radius 2 is 1.57 bits per heavy atom. The first-order valence-electron chi connectivity index (χ1n) is 6.54. The maximum Gasteiger partial charge on any atom is 0.416 e. The highest BCUT2D eigenvalue weighted by atomic mass is 19.4. The van der Waals surface area contributed by atoms with Crippen LogP contribution >= 0.6 is 0 Å². The molecule has 2 aromatic carbocycles. The van der Waals surface area contributed by atoms with Gasteiger partial charge in [0.05, 0.1) is 5.56 Å². The highest BCUT2D eigenvalue weighted by Gasteiger charge is 2.30. The quantitative estimate of drug-likeness (QED) is 0.835. The molecule has 0 saturated carbocycles. The molecular formula is C16H12F3NO. The summed E-state index contributed by atoms with van der Waals surface area (Å²) >= 11 is 0. The van der Waals surface area contributed by atoms with Crippen molar-refractivity contribution in [1.82, 2.24) is 0 Å². The van der Waals surface area contributed by atoms with Crippen LogP contribution in [0.25, 0.3) is 11.1 Å². The molecule has 1 N–H and O–H groups in total. The van der Waals surface area contributed by atoms with Crippen LogP contribution in [0.15, 0.2) is 42.5 Å². The van der Waals surface area contributed by atoms with Crippen molar-refractivity contribution in [3.05, 3.63) is 53.6 Å². The minimum absolute atomic E-state index is 0.0351. The highest BCUT2D eigenvalue weighted by Crippen LogP contribution is 2.32. The molecule has 0 fully saturated rings. The lowest BCUT2D eigenvalue weighted by atomic mass is 9.97. The van der Waals surface area contributed by atoms with Crippen LogP contribution in [0.2, 0.25) is 0 Å². The Hall–Kier alpha value is -2.30. The van der Waals surface area contributed by atoms with Crippen LogP contribution in [0.3, 0.4) is 0 Å². The molecule has 108 valence electrons. The highest BCUT2D eigenvalue weighted by molar-refractivity contribution is 5.94. The monoisotopic (exact) mass is 291 g/mol. The Morgan fingerprint density at radius 1 is 0.905 bits per heavy atom. The molecule has 0 spiro atoms. The van der Waals surface area contributed by atoms with Crippen molar-refractivity contribution in [2.75, 3.05) is 5.32 Å². The zero-order chi connectivity index (χ0) is 15.0. The molecule has 5 heteroatoms. The predicted molar refractivity (Wildman–Crippen MR) is 73.8 cm³/mol. The summed E-state index contributed by atoms with van der Waals surface area (Å²) in [5, 5.41) is 2.79. The van der Waals surface area contributed by atoms with Gasteiger partial charge in [0.1, 0.15) is 0 Å². The van der Waals surface area contributed by atoms with Crippen molar-refractivity contribution in [1.29, 1.82) is 0 Å². The van der Waals surface area contributed by atoms with Crippen molar-refractivity contribution < 1.29 is 18.0 Å². The molecule has 2 nitrogen and oxygen atoms in total. The van der Waals surface area contributed by atoms with Gasteiger partial charge in [-0.2, -0.15) is 13.2 Å². The van der Waals surface area contributed by atoms with E-state index in [1.54, 1.807) is 6.07 Å². The van der Waals surface area contributed by atoms with Crippen molar-refractivity contribution in [2.24, 2.45) is 0 Å². The molecule has 3 rings (SSSR count). The topological polar surface area (TPSA) is 29.1 Å². The van der Waals surface area contributed by atoms with E-state index in [4.69, 9.17) is 0 Å². The number of nitrogens with one attached hydrogen (secondary N) is 1. The van der Waals surface area contributed by atoms with Gasteiger partial charge in [-0.15, -0.1) is 0 Å². The first-order valence-corrected chi connectivity index (χ1v) is 6.54. The second kappa shape index (κ2) is 4.91. The van der Waals surface area contributed by atoms with Crippen LogP contribution < -0.4 is 5.32 Å². The van der Waals surface area contributed by atoms with E-state index < -0.39 is 11.7 Å². The van der Waals surface area contributed by atoms with E-state index in [-0.39, 0.29) is 5.91 Å². The van der Waals surface area contributed by atoms with Gasteiger partial charge >= 0.3 is 6.18 Å². The third kappa shape index (κ3) is 2.77. The van der Waals surface area contributed by atoms with Crippen LogP contribution in [0.1, 0.15) is 17.5 Å². The molecule has 0 unspecified atom stereocenters. The normalized spacial score (nSPS) is 14.5. The number of carbonyl (C=O) groups is 1. The van der Waals surface area contributed by atoms with Gasteiger partial charge in [-0.05, 0) is 41.3 Å². The Kier molecular flexibility index (Phi) is 3.20. The third-order valence-corrected chi connectivity index (χ3v) is 3.55. The number of benzene rings is 2. The average molecular weight is 291 g/mol. The standard InChI is InChI=1S/C16H12F3NO/c17-16(18,19)13-6-3-10(4-7-13)12-2-1-11-5-8-15(21)20-14(11)9-12/h1-4,6-7,9H,5,8H2,(H,20,21). The second-order valence-electron chi connectivity index (χ2n) is 5.00. The van der Waals surface area contributed by atoms with Gasteiger partial charge in [0.25, 0.3) is 0 Å². The SMILES string of the molecule is O=C1CCc2ccc(-c3ccc(C(F)(F)F)cc3)cc2N1. The Morgan fingerprint density at radius 3 is 2.24 bits per heavy atom. The Labute approximate surface area is 119 Å². The lowest BCUT2D eigenvalue weighted by molar-refractivity contribution is -0.137. The van der Waals surface area contributed by atoms with Crippen LogP contribution in [0.5, 0.6) is 0 Å². The summed E-state index contributed by atoms with van der Waals surface area (Å²) in [7, 11) is 0. The fraction of sp³-hybridized carbons (Fsp3) is 0.188. The Balaban J connectivity index is 1.94. The number of alkyl halides is 3. The van der Waals surface area contributed by atoms with Crippen LogP contribution in [0, 0.1) is 0 Å². The van der Waals surface area contributed by atoms with E-state index in [9.17, 15) is 18.0 Å². The van der Waals surface area contributed by atoms with E-state index in [1.807, 2.05) is 12.1 Å². The molecule has 1 aliphatic rings. The number of hydrogen-bond donors (Lipinski definition) is 1. The van der Waals surface area contributed by atoms with Crippen molar-refractivity contribution in [2.45, 2.75) is 19.0 Å². The predicted octanol–water partition coefficient (Wildman–Crippen LogP) is 4.26. The molecule has 0 bridgehead atoms. The molecular weight excluding hydrogens is 279 g/mol. The average Bonchev–Trinajstić information content (AvgIpc) is 2.45. The third-order valence-electron chi connectivity index (χ3n) is 3.55. The van der Waals surface area contributed by atoms with E-state index in [2.05, 4.69) is 5.32 Å². The molecule has 2 aromatic rings. The van der Waals surface area contributed by atoms with Crippen molar-refractivity contribution in [3.63, 3.8) is 0 Å². The first kappa shape index (κ1) is 13.7. The number of rotatable bonds is 1. The summed E-state index contributed by atoms with van der Waals surface area (Å²) in [4.78, 5) is 11.4. The molecule has 0 aliphatic carbocycles. The fourth-order valence-electron chi connectivity index (χ4n) is 2.40. The zero-order valence-electron chi connectivity index (χ0n) is 11.0. The van der Waals surface area contributed by atoms with Gasteiger partial charge in [-0.25, -0.2) is 0 Å². The number of halogens is 3. The van der Waals surface area contributed by atoms with Crippen LogP contribution in [0.4, 0.5) is 18.9 Å². The number of carbonyl (C=O) groups excluding carboxylic acids is 1.